The summed E-state index contributed by atoms with van der Waals surface area (Å²) in [5.74, 6) is -1.11. The molecule has 1 fully saturated rings. The Morgan fingerprint density at radius 1 is 1.32 bits per heavy atom. The number of benzene rings is 1. The van der Waals surface area contributed by atoms with Crippen molar-refractivity contribution < 1.29 is 14.0 Å². The van der Waals surface area contributed by atoms with E-state index in [1.807, 2.05) is 35.0 Å². The second-order valence-electron chi connectivity index (χ2n) is 7.08. The molecule has 144 valence electrons. The lowest BCUT2D eigenvalue weighted by molar-refractivity contribution is -0.126. The monoisotopic (exact) mass is 380 g/mol. The van der Waals surface area contributed by atoms with E-state index < -0.39 is 5.92 Å². The number of pyridine rings is 1. The van der Waals surface area contributed by atoms with Gasteiger partial charge in [0.2, 0.25) is 11.8 Å². The third-order valence-corrected chi connectivity index (χ3v) is 5.06. The van der Waals surface area contributed by atoms with Crippen LogP contribution in [0.4, 0.5) is 10.1 Å². The number of hydrogen-bond donors (Lipinski definition) is 1. The first-order valence-corrected chi connectivity index (χ1v) is 9.28. The molecule has 0 saturated carbocycles. The van der Waals surface area contributed by atoms with Gasteiger partial charge in [0.1, 0.15) is 11.5 Å². The predicted octanol–water partition coefficient (Wildman–Crippen LogP) is 2.49. The first-order chi connectivity index (χ1) is 13.5. The molecule has 1 aliphatic heterocycles. The van der Waals surface area contributed by atoms with E-state index in [0.29, 0.717) is 24.2 Å². The molecule has 1 N–H and O–H groups in total. The molecule has 1 atom stereocenters. The lowest BCUT2D eigenvalue weighted by Crippen LogP contribution is -2.34. The van der Waals surface area contributed by atoms with Gasteiger partial charge in [-0.3, -0.25) is 9.59 Å². The number of carbonyl (C=O) groups excluding carboxylic acids is 2. The summed E-state index contributed by atoms with van der Waals surface area (Å²) in [6, 6.07) is 10.5. The highest BCUT2D eigenvalue weighted by Gasteiger charge is 2.35. The minimum Gasteiger partial charge on any atom is -0.355 e. The van der Waals surface area contributed by atoms with Gasteiger partial charge in [-0.15, -0.1) is 0 Å². The molecule has 1 aromatic carbocycles. The van der Waals surface area contributed by atoms with Crippen LogP contribution in [-0.4, -0.2) is 34.3 Å². The fourth-order valence-corrected chi connectivity index (χ4v) is 3.45. The van der Waals surface area contributed by atoms with E-state index in [1.54, 1.807) is 19.1 Å². The number of nitrogens with one attached hydrogen (secondary N) is 1. The van der Waals surface area contributed by atoms with Crippen LogP contribution in [0.3, 0.4) is 0 Å². The van der Waals surface area contributed by atoms with Gasteiger partial charge in [-0.05, 0) is 36.8 Å². The molecule has 3 heterocycles. The molecule has 1 saturated heterocycles. The predicted molar refractivity (Wildman–Crippen MR) is 104 cm³/mol. The van der Waals surface area contributed by atoms with Gasteiger partial charge in [-0.2, -0.15) is 0 Å². The molecule has 2 amide bonds. The number of amides is 2. The number of fused-ring (bicyclic) bond motifs is 1. The lowest BCUT2D eigenvalue weighted by atomic mass is 10.1. The van der Waals surface area contributed by atoms with Crippen LogP contribution >= 0.6 is 0 Å². The molecule has 6 nitrogen and oxygen atoms in total. The third-order valence-electron chi connectivity index (χ3n) is 5.06. The normalized spacial score (nSPS) is 16.7. The van der Waals surface area contributed by atoms with Gasteiger partial charge in [0.05, 0.1) is 11.6 Å². The van der Waals surface area contributed by atoms with Crippen LogP contribution in [0, 0.1) is 18.7 Å². The molecular formula is C21H21FN4O2. The zero-order chi connectivity index (χ0) is 19.7. The fourth-order valence-electron chi connectivity index (χ4n) is 3.45. The Kier molecular flexibility index (Phi) is 4.81. The van der Waals surface area contributed by atoms with E-state index in [4.69, 9.17) is 0 Å². The van der Waals surface area contributed by atoms with Crippen LogP contribution < -0.4 is 10.2 Å². The number of hydrogen-bond acceptors (Lipinski definition) is 3. The highest BCUT2D eigenvalue weighted by molar-refractivity contribution is 6.00. The summed E-state index contributed by atoms with van der Waals surface area (Å²) in [5, 5.41) is 2.89. The Balaban J connectivity index is 1.33. The van der Waals surface area contributed by atoms with Crippen molar-refractivity contribution in [2.75, 3.05) is 18.0 Å². The average molecular weight is 380 g/mol. The van der Waals surface area contributed by atoms with Crippen molar-refractivity contribution in [3.8, 4) is 0 Å². The average Bonchev–Trinajstić information content (AvgIpc) is 3.27. The third kappa shape index (κ3) is 3.60. The molecule has 0 aliphatic carbocycles. The molecule has 2 aromatic heterocycles. The van der Waals surface area contributed by atoms with Gasteiger partial charge in [-0.25, -0.2) is 9.37 Å². The summed E-state index contributed by atoms with van der Waals surface area (Å²) in [6.07, 6.45) is 4.61. The number of anilines is 1. The van der Waals surface area contributed by atoms with Crippen LogP contribution in [0.5, 0.6) is 0 Å². The smallest absolute Gasteiger partial charge is 0.227 e. The Labute approximate surface area is 162 Å². The number of imidazole rings is 1. The molecule has 0 spiro atoms. The first-order valence-electron chi connectivity index (χ1n) is 9.28. The zero-order valence-corrected chi connectivity index (χ0v) is 15.6. The van der Waals surface area contributed by atoms with Crippen molar-refractivity contribution in [3.63, 3.8) is 0 Å². The Morgan fingerprint density at radius 2 is 2.18 bits per heavy atom. The number of aryl methyl sites for hydroxylation is 1. The van der Waals surface area contributed by atoms with Crippen LogP contribution in [-0.2, 0) is 16.0 Å². The van der Waals surface area contributed by atoms with Crippen LogP contribution in [0.1, 0.15) is 17.7 Å². The second kappa shape index (κ2) is 7.42. The SMILES string of the molecule is Cc1ccc(N2C[C@H](C(=O)NCCc3cn4ccccc4n3)CC2=O)cc1F. The summed E-state index contributed by atoms with van der Waals surface area (Å²) in [7, 11) is 0. The number of nitrogens with zero attached hydrogens (tertiary/aromatic N) is 3. The number of halogens is 1. The molecule has 0 bridgehead atoms. The van der Waals surface area contributed by atoms with Crippen LogP contribution in [0.25, 0.3) is 5.65 Å². The summed E-state index contributed by atoms with van der Waals surface area (Å²) in [6.45, 7) is 2.39. The molecule has 0 unspecified atom stereocenters. The number of carbonyl (C=O) groups is 2. The Bertz CT molecular complexity index is 1010. The van der Waals surface area contributed by atoms with Crippen molar-refractivity contribution in [1.29, 1.82) is 0 Å². The second-order valence-corrected chi connectivity index (χ2v) is 7.08. The van der Waals surface area contributed by atoms with E-state index in [9.17, 15) is 14.0 Å². The van der Waals surface area contributed by atoms with E-state index in [2.05, 4.69) is 10.3 Å². The van der Waals surface area contributed by atoms with Crippen LogP contribution in [0.15, 0.2) is 48.8 Å². The van der Waals surface area contributed by atoms with E-state index in [1.165, 1.54) is 11.0 Å². The van der Waals surface area contributed by atoms with Gasteiger partial charge in [0.25, 0.3) is 0 Å². The molecule has 0 radical (unpaired) electrons. The van der Waals surface area contributed by atoms with Gasteiger partial charge in [0, 0.05) is 44.0 Å². The molecule has 4 rings (SSSR count). The van der Waals surface area contributed by atoms with E-state index in [0.717, 1.165) is 11.3 Å². The minimum atomic E-state index is -0.432. The zero-order valence-electron chi connectivity index (χ0n) is 15.6. The van der Waals surface area contributed by atoms with Gasteiger partial charge in [0.15, 0.2) is 0 Å². The minimum absolute atomic E-state index is 0.135. The maximum atomic E-state index is 13.8. The number of rotatable bonds is 5. The maximum Gasteiger partial charge on any atom is 0.227 e. The van der Waals surface area contributed by atoms with Crippen molar-refractivity contribution in [1.82, 2.24) is 14.7 Å². The molecule has 1 aliphatic rings. The molecule has 7 heteroatoms. The highest BCUT2D eigenvalue weighted by atomic mass is 19.1. The molecule has 28 heavy (non-hydrogen) atoms. The van der Waals surface area contributed by atoms with E-state index in [-0.39, 0.29) is 30.6 Å². The quantitative estimate of drug-likeness (QED) is 0.740. The maximum absolute atomic E-state index is 13.8. The van der Waals surface area contributed by atoms with Crippen molar-refractivity contribution in [2.24, 2.45) is 5.92 Å². The summed E-state index contributed by atoms with van der Waals surface area (Å²) >= 11 is 0. The van der Waals surface area contributed by atoms with Gasteiger partial charge >= 0.3 is 0 Å². The van der Waals surface area contributed by atoms with Crippen molar-refractivity contribution in [2.45, 2.75) is 19.8 Å². The highest BCUT2D eigenvalue weighted by Crippen LogP contribution is 2.26. The molecular weight excluding hydrogens is 359 g/mol. The lowest BCUT2D eigenvalue weighted by Gasteiger charge is -2.17. The molecule has 3 aromatic rings. The largest absolute Gasteiger partial charge is 0.355 e. The van der Waals surface area contributed by atoms with E-state index >= 15 is 0 Å². The van der Waals surface area contributed by atoms with Crippen LogP contribution in [0.2, 0.25) is 0 Å². The summed E-state index contributed by atoms with van der Waals surface area (Å²) < 4.78 is 15.7. The number of aromatic nitrogens is 2. The topological polar surface area (TPSA) is 66.7 Å². The summed E-state index contributed by atoms with van der Waals surface area (Å²) in [5.41, 5.74) is 2.78. The fraction of sp³-hybridized carbons (Fsp3) is 0.286. The van der Waals surface area contributed by atoms with Gasteiger partial charge in [-0.1, -0.05) is 12.1 Å². The Hall–Kier alpha value is -3.22. The Morgan fingerprint density at radius 3 is 2.96 bits per heavy atom. The standard InChI is InChI=1S/C21H21FN4O2/c1-14-5-6-17(11-18(14)22)26-12-15(10-20(26)27)21(28)23-8-7-16-13-25-9-3-2-4-19(25)24-16/h2-6,9,11,13,15H,7-8,10,12H2,1H3,(H,23,28)/t15-/m1/s1. The van der Waals surface area contributed by atoms with Crippen molar-refractivity contribution >= 4 is 23.1 Å². The summed E-state index contributed by atoms with van der Waals surface area (Å²) in [4.78, 5) is 30.7. The first kappa shape index (κ1) is 18.2. The van der Waals surface area contributed by atoms with Gasteiger partial charge < -0.3 is 14.6 Å². The van der Waals surface area contributed by atoms with Crippen molar-refractivity contribution in [3.05, 3.63) is 65.9 Å².